The molecule has 0 aliphatic heterocycles. The van der Waals surface area contributed by atoms with Gasteiger partial charge in [0, 0.05) is 18.0 Å². The summed E-state index contributed by atoms with van der Waals surface area (Å²) in [5.74, 6) is 0. The Morgan fingerprint density at radius 1 is 1.33 bits per heavy atom. The van der Waals surface area contributed by atoms with E-state index in [4.69, 9.17) is 0 Å². The molecule has 0 aromatic carbocycles. The Hall–Kier alpha value is -0.310. The first-order valence-electron chi connectivity index (χ1n) is 4.03. The monoisotopic (exact) mass is 230 g/mol. The van der Waals surface area contributed by atoms with Crippen LogP contribution in [0.4, 0.5) is 0 Å². The minimum atomic E-state index is 0.133. The van der Waals surface area contributed by atoms with Crippen molar-refractivity contribution in [3.05, 3.63) is 15.9 Å². The van der Waals surface area contributed by atoms with Gasteiger partial charge in [0.2, 0.25) is 0 Å². The third-order valence-corrected chi connectivity index (χ3v) is 3.02. The summed E-state index contributed by atoms with van der Waals surface area (Å²) in [6, 6.07) is 0. The van der Waals surface area contributed by atoms with Crippen LogP contribution in [0, 0.1) is 6.92 Å². The van der Waals surface area contributed by atoms with Crippen LogP contribution in [0.25, 0.3) is 0 Å². The molecule has 0 saturated carbocycles. The van der Waals surface area contributed by atoms with Gasteiger partial charge in [0.25, 0.3) is 0 Å². The minimum absolute atomic E-state index is 0.133. The van der Waals surface area contributed by atoms with E-state index >= 15 is 0 Å². The maximum atomic E-state index is 4.45. The van der Waals surface area contributed by atoms with E-state index in [1.54, 1.807) is 0 Å². The topological polar surface area (TPSA) is 17.8 Å². The van der Waals surface area contributed by atoms with Crippen molar-refractivity contribution < 1.29 is 0 Å². The fraction of sp³-hybridized carbons (Fsp3) is 0.667. The Morgan fingerprint density at radius 2 is 1.83 bits per heavy atom. The van der Waals surface area contributed by atoms with Crippen LogP contribution >= 0.6 is 15.9 Å². The molecule has 0 unspecified atom stereocenters. The number of rotatable bonds is 0. The molecule has 0 spiro atoms. The average Bonchev–Trinajstić information content (AvgIpc) is 2.15. The van der Waals surface area contributed by atoms with Crippen LogP contribution in [0.5, 0.6) is 0 Å². The second kappa shape index (κ2) is 2.87. The van der Waals surface area contributed by atoms with Crippen molar-refractivity contribution in [2.45, 2.75) is 33.1 Å². The highest BCUT2D eigenvalue weighted by molar-refractivity contribution is 9.10. The molecule has 0 N–H and O–H groups in total. The van der Waals surface area contributed by atoms with Crippen LogP contribution in [-0.2, 0) is 12.5 Å². The molecule has 0 amide bonds. The van der Waals surface area contributed by atoms with Crippen LogP contribution in [0.1, 0.15) is 32.0 Å². The lowest BCUT2D eigenvalue weighted by Crippen LogP contribution is -2.13. The fourth-order valence-corrected chi connectivity index (χ4v) is 1.59. The van der Waals surface area contributed by atoms with Crippen LogP contribution in [0.15, 0.2) is 4.60 Å². The summed E-state index contributed by atoms with van der Waals surface area (Å²) in [6.07, 6.45) is 0. The van der Waals surface area contributed by atoms with E-state index < -0.39 is 0 Å². The Balaban J connectivity index is 3.28. The number of aryl methyl sites for hydroxylation is 1. The molecule has 1 aromatic heterocycles. The van der Waals surface area contributed by atoms with Crippen molar-refractivity contribution in [2.75, 3.05) is 0 Å². The number of halogens is 1. The molecule has 12 heavy (non-hydrogen) atoms. The van der Waals surface area contributed by atoms with Crippen molar-refractivity contribution in [2.24, 2.45) is 7.05 Å². The Labute approximate surface area is 82.1 Å². The summed E-state index contributed by atoms with van der Waals surface area (Å²) in [7, 11) is 1.95. The molecule has 68 valence electrons. The zero-order valence-electron chi connectivity index (χ0n) is 8.27. The molecule has 0 aliphatic carbocycles. The van der Waals surface area contributed by atoms with Crippen LogP contribution < -0.4 is 0 Å². The normalized spacial score (nSPS) is 12.2. The maximum Gasteiger partial charge on any atom is 0.106 e. The first-order chi connectivity index (χ1) is 5.34. The summed E-state index contributed by atoms with van der Waals surface area (Å²) < 4.78 is 2.95. The Bertz CT molecular complexity index is 294. The Morgan fingerprint density at radius 3 is 2.00 bits per heavy atom. The SMILES string of the molecule is Cc1c(C(C)(C)C)nn(C)c1Br. The summed E-state index contributed by atoms with van der Waals surface area (Å²) in [4.78, 5) is 0. The molecule has 0 fully saturated rings. The molecule has 1 heterocycles. The smallest absolute Gasteiger partial charge is 0.106 e. The van der Waals surface area contributed by atoms with Gasteiger partial charge in [0.05, 0.1) is 5.69 Å². The van der Waals surface area contributed by atoms with Gasteiger partial charge in [-0.25, -0.2) is 0 Å². The quantitative estimate of drug-likeness (QED) is 0.671. The molecule has 0 saturated heterocycles. The zero-order valence-corrected chi connectivity index (χ0v) is 9.86. The first-order valence-corrected chi connectivity index (χ1v) is 4.83. The second-order valence-electron chi connectivity index (χ2n) is 4.14. The van der Waals surface area contributed by atoms with Gasteiger partial charge in [-0.1, -0.05) is 20.8 Å². The summed E-state index contributed by atoms with van der Waals surface area (Å²) >= 11 is 3.49. The minimum Gasteiger partial charge on any atom is -0.261 e. The van der Waals surface area contributed by atoms with Gasteiger partial charge in [-0.3, -0.25) is 4.68 Å². The lowest BCUT2D eigenvalue weighted by molar-refractivity contribution is 0.550. The number of hydrogen-bond donors (Lipinski definition) is 0. The van der Waals surface area contributed by atoms with Crippen molar-refractivity contribution in [3.8, 4) is 0 Å². The number of aromatic nitrogens is 2. The van der Waals surface area contributed by atoms with Gasteiger partial charge in [-0.15, -0.1) is 0 Å². The van der Waals surface area contributed by atoms with Gasteiger partial charge in [-0.05, 0) is 22.9 Å². The average molecular weight is 231 g/mol. The molecule has 0 aliphatic rings. The van der Waals surface area contributed by atoms with Crippen molar-refractivity contribution in [3.63, 3.8) is 0 Å². The third kappa shape index (κ3) is 1.56. The lowest BCUT2D eigenvalue weighted by atomic mass is 9.90. The van der Waals surface area contributed by atoms with Gasteiger partial charge in [0.15, 0.2) is 0 Å². The van der Waals surface area contributed by atoms with Gasteiger partial charge >= 0.3 is 0 Å². The standard InChI is InChI=1S/C9H15BrN2/c1-6-7(9(2,3)4)11-12(5)8(6)10/h1-5H3. The van der Waals surface area contributed by atoms with E-state index in [9.17, 15) is 0 Å². The Kier molecular flexibility index (Phi) is 2.34. The third-order valence-electron chi connectivity index (χ3n) is 1.91. The maximum absolute atomic E-state index is 4.45. The molecule has 0 bridgehead atoms. The van der Waals surface area contributed by atoms with Gasteiger partial charge in [0.1, 0.15) is 4.60 Å². The summed E-state index contributed by atoms with van der Waals surface area (Å²) in [5.41, 5.74) is 2.54. The van der Waals surface area contributed by atoms with Crippen LogP contribution in [-0.4, -0.2) is 9.78 Å². The molecule has 1 aromatic rings. The van der Waals surface area contributed by atoms with Gasteiger partial charge in [-0.2, -0.15) is 5.10 Å². The molecule has 3 heteroatoms. The predicted molar refractivity (Wildman–Crippen MR) is 54.3 cm³/mol. The largest absolute Gasteiger partial charge is 0.261 e. The van der Waals surface area contributed by atoms with Crippen molar-refractivity contribution >= 4 is 15.9 Å². The van der Waals surface area contributed by atoms with E-state index in [-0.39, 0.29) is 5.41 Å². The van der Waals surface area contributed by atoms with E-state index in [1.165, 1.54) is 5.56 Å². The number of hydrogen-bond acceptors (Lipinski definition) is 1. The van der Waals surface area contributed by atoms with E-state index in [2.05, 4.69) is 48.7 Å². The highest BCUT2D eigenvalue weighted by Gasteiger charge is 2.22. The molecule has 0 atom stereocenters. The van der Waals surface area contributed by atoms with E-state index in [0.29, 0.717) is 0 Å². The second-order valence-corrected chi connectivity index (χ2v) is 4.89. The summed E-state index contributed by atoms with van der Waals surface area (Å²) in [5, 5.41) is 4.45. The van der Waals surface area contributed by atoms with E-state index in [1.807, 2.05) is 11.7 Å². The molecule has 1 rings (SSSR count). The molecule has 0 radical (unpaired) electrons. The molecule has 2 nitrogen and oxygen atoms in total. The van der Waals surface area contributed by atoms with Crippen molar-refractivity contribution in [1.82, 2.24) is 9.78 Å². The van der Waals surface area contributed by atoms with Crippen LogP contribution in [0.3, 0.4) is 0 Å². The lowest BCUT2D eigenvalue weighted by Gasteiger charge is -2.15. The zero-order chi connectivity index (χ0) is 9.52. The number of nitrogens with zero attached hydrogens (tertiary/aromatic N) is 2. The summed E-state index contributed by atoms with van der Waals surface area (Å²) in [6.45, 7) is 8.62. The molecular weight excluding hydrogens is 216 g/mol. The van der Waals surface area contributed by atoms with Crippen molar-refractivity contribution in [1.29, 1.82) is 0 Å². The van der Waals surface area contributed by atoms with Gasteiger partial charge < -0.3 is 0 Å². The first kappa shape index (κ1) is 9.78. The molecular formula is C9H15BrN2. The van der Waals surface area contributed by atoms with Crippen LogP contribution in [0.2, 0.25) is 0 Å². The highest BCUT2D eigenvalue weighted by Crippen LogP contribution is 2.28. The fourth-order valence-electron chi connectivity index (χ4n) is 1.32. The highest BCUT2D eigenvalue weighted by atomic mass is 79.9. The van der Waals surface area contributed by atoms with E-state index in [0.717, 1.165) is 10.3 Å². The predicted octanol–water partition coefficient (Wildman–Crippen LogP) is 2.79.